The van der Waals surface area contributed by atoms with Crippen LogP contribution in [0.2, 0.25) is 0 Å². The molecule has 0 unspecified atom stereocenters. The average molecular weight is 528 g/mol. The molecule has 0 spiro atoms. The third kappa shape index (κ3) is 9.48. The van der Waals surface area contributed by atoms with Crippen molar-refractivity contribution in [2.75, 3.05) is 60.0 Å². The summed E-state index contributed by atoms with van der Waals surface area (Å²) in [5, 5.41) is 0. The van der Waals surface area contributed by atoms with Gasteiger partial charge in [-0.05, 0) is 68.1 Å². The smallest absolute Gasteiger partial charge is 0.343 e. The number of esters is 1. The number of rotatable bonds is 7. The van der Waals surface area contributed by atoms with Crippen LogP contribution in [-0.2, 0) is 22.6 Å². The minimum Gasteiger partial charge on any atom is -0.482 e. The first-order chi connectivity index (χ1) is 19.0. The molecule has 2 aromatic heterocycles. The Bertz CT molecular complexity index is 1290. The number of aromatic nitrogens is 2. The second-order valence-corrected chi connectivity index (χ2v) is 9.86. The van der Waals surface area contributed by atoms with E-state index in [0.29, 0.717) is 5.75 Å². The van der Waals surface area contributed by atoms with Crippen LogP contribution < -0.4 is 4.74 Å². The predicted molar refractivity (Wildman–Crippen MR) is 151 cm³/mol. The fraction of sp³-hybridized carbons (Fsp3) is 0.387. The molecule has 0 radical (unpaired) electrons. The number of hydrogen-bond acceptors (Lipinski definition) is 8. The Morgan fingerprint density at radius 3 is 2.05 bits per heavy atom. The summed E-state index contributed by atoms with van der Waals surface area (Å²) in [4.78, 5) is 27.8. The normalized spacial score (nSPS) is 15.4. The van der Waals surface area contributed by atoms with E-state index in [9.17, 15) is 4.79 Å². The lowest BCUT2D eigenvalue weighted by Crippen LogP contribution is -2.35. The fourth-order valence-electron chi connectivity index (χ4n) is 4.32. The highest BCUT2D eigenvalue weighted by molar-refractivity contribution is 5.70. The van der Waals surface area contributed by atoms with Crippen LogP contribution in [0, 0.1) is 18.8 Å². The van der Waals surface area contributed by atoms with Gasteiger partial charge in [0.2, 0.25) is 0 Å². The van der Waals surface area contributed by atoms with E-state index in [1.165, 1.54) is 12.7 Å². The molecular formula is C31H37N5O3. The maximum Gasteiger partial charge on any atom is 0.343 e. The van der Waals surface area contributed by atoms with E-state index in [1.807, 2.05) is 36.7 Å². The molecule has 1 aliphatic heterocycles. The first-order valence-electron chi connectivity index (χ1n) is 13.3. The lowest BCUT2D eigenvalue weighted by Gasteiger charge is -2.25. The number of nitrogens with zero attached hydrogens (tertiary/aromatic N) is 5. The van der Waals surface area contributed by atoms with Crippen LogP contribution in [0.3, 0.4) is 0 Å². The third-order valence-electron chi connectivity index (χ3n) is 6.68. The van der Waals surface area contributed by atoms with Crippen molar-refractivity contribution in [3.05, 3.63) is 89.0 Å². The number of pyridine rings is 2. The number of aryl methyl sites for hydroxylation is 1. The molecule has 1 aromatic carbocycles. The zero-order valence-corrected chi connectivity index (χ0v) is 23.1. The van der Waals surface area contributed by atoms with Crippen molar-refractivity contribution < 1.29 is 14.3 Å². The van der Waals surface area contributed by atoms with Crippen molar-refractivity contribution in [2.24, 2.45) is 0 Å². The topological polar surface area (TPSA) is 71.0 Å². The van der Waals surface area contributed by atoms with E-state index in [4.69, 9.17) is 4.74 Å². The van der Waals surface area contributed by atoms with Gasteiger partial charge in [0.05, 0.1) is 18.5 Å². The molecule has 0 N–H and O–H groups in total. The van der Waals surface area contributed by atoms with Crippen molar-refractivity contribution in [2.45, 2.75) is 20.0 Å². The second-order valence-electron chi connectivity index (χ2n) is 9.86. The van der Waals surface area contributed by atoms with Gasteiger partial charge in [0.25, 0.3) is 0 Å². The monoisotopic (exact) mass is 527 g/mol. The Morgan fingerprint density at radius 1 is 0.821 bits per heavy atom. The van der Waals surface area contributed by atoms with Gasteiger partial charge in [0.15, 0.2) is 6.61 Å². The summed E-state index contributed by atoms with van der Waals surface area (Å²) in [5.41, 5.74) is 5.19. The number of carbonyl (C=O) groups excluding carboxylic acids is 1. The third-order valence-corrected chi connectivity index (χ3v) is 6.68. The summed E-state index contributed by atoms with van der Waals surface area (Å²) in [5.74, 6) is 6.63. The zero-order chi connectivity index (χ0) is 27.5. The number of likely N-dealkylation sites (N-methyl/N-ethyl adjacent to an activating group) is 1. The van der Waals surface area contributed by atoms with Crippen LogP contribution in [0.5, 0.6) is 5.75 Å². The maximum absolute atomic E-state index is 11.2. The van der Waals surface area contributed by atoms with Crippen LogP contribution in [0.25, 0.3) is 0 Å². The van der Waals surface area contributed by atoms with Crippen LogP contribution in [0.15, 0.2) is 60.9 Å². The van der Waals surface area contributed by atoms with Crippen molar-refractivity contribution in [3.63, 3.8) is 0 Å². The molecular weight excluding hydrogens is 490 g/mol. The van der Waals surface area contributed by atoms with Gasteiger partial charge >= 0.3 is 5.97 Å². The van der Waals surface area contributed by atoms with E-state index >= 15 is 0 Å². The highest BCUT2D eigenvalue weighted by atomic mass is 16.6. The van der Waals surface area contributed by atoms with Gasteiger partial charge in [-0.1, -0.05) is 11.8 Å². The summed E-state index contributed by atoms with van der Waals surface area (Å²) >= 11 is 0. The van der Waals surface area contributed by atoms with E-state index in [-0.39, 0.29) is 6.61 Å². The summed E-state index contributed by atoms with van der Waals surface area (Å²) in [7, 11) is 3.53. The van der Waals surface area contributed by atoms with E-state index in [0.717, 1.165) is 74.9 Å². The molecule has 8 heteroatoms. The standard InChI is InChI=1S/C31H37N5O3/c1-25-10-12-32-28(20-25)22-35-16-14-34(2)15-17-36(19-18-35)23-29-21-27(11-13-33-29)5-4-26-6-8-30(9-7-26)39-24-31(37)38-3/h6-13,20-21H,14-19,22-24H2,1-3H3. The Morgan fingerprint density at radius 2 is 1.41 bits per heavy atom. The van der Waals surface area contributed by atoms with Crippen LogP contribution in [-0.4, -0.2) is 90.7 Å². The largest absolute Gasteiger partial charge is 0.482 e. The van der Waals surface area contributed by atoms with Crippen LogP contribution in [0.1, 0.15) is 28.1 Å². The Hall–Kier alpha value is -3.77. The van der Waals surface area contributed by atoms with Crippen LogP contribution >= 0.6 is 0 Å². The lowest BCUT2D eigenvalue weighted by atomic mass is 10.2. The Kier molecular flexibility index (Phi) is 10.4. The minimum atomic E-state index is -0.414. The predicted octanol–water partition coefficient (Wildman–Crippen LogP) is 2.99. The molecule has 1 aliphatic rings. The van der Waals surface area contributed by atoms with Gasteiger partial charge in [-0.3, -0.25) is 19.8 Å². The molecule has 4 rings (SSSR count). The van der Waals surface area contributed by atoms with E-state index in [1.54, 1.807) is 12.1 Å². The SMILES string of the molecule is COC(=O)COc1ccc(C#Cc2ccnc(CN3CCN(C)CCN(Cc4cc(C)ccn4)CC3)c2)cc1. The summed E-state index contributed by atoms with van der Waals surface area (Å²) in [6.45, 7) is 9.70. The van der Waals surface area contributed by atoms with E-state index < -0.39 is 5.97 Å². The van der Waals surface area contributed by atoms with Gasteiger partial charge in [-0.25, -0.2) is 4.79 Å². The molecule has 1 fully saturated rings. The lowest BCUT2D eigenvalue weighted by molar-refractivity contribution is -0.142. The number of methoxy groups -OCH3 is 1. The molecule has 0 amide bonds. The summed E-state index contributed by atoms with van der Waals surface area (Å²) in [6.07, 6.45) is 3.74. The number of carbonyl (C=O) groups is 1. The van der Waals surface area contributed by atoms with Gasteiger partial charge in [-0.15, -0.1) is 0 Å². The van der Waals surface area contributed by atoms with Gasteiger partial charge in [0.1, 0.15) is 5.75 Å². The Balaban J connectivity index is 1.36. The summed E-state index contributed by atoms with van der Waals surface area (Å²) < 4.78 is 9.98. The quantitative estimate of drug-likeness (QED) is 0.343. The van der Waals surface area contributed by atoms with Crippen LogP contribution in [0.4, 0.5) is 0 Å². The molecule has 0 aliphatic carbocycles. The van der Waals surface area contributed by atoms with Gasteiger partial charge in [-0.2, -0.15) is 0 Å². The first kappa shape index (κ1) is 28.2. The van der Waals surface area contributed by atoms with Gasteiger partial charge < -0.3 is 14.4 Å². The zero-order valence-electron chi connectivity index (χ0n) is 23.1. The van der Waals surface area contributed by atoms with Crippen molar-refractivity contribution in [3.8, 4) is 17.6 Å². The molecule has 0 bridgehead atoms. The van der Waals surface area contributed by atoms with Crippen molar-refractivity contribution in [1.82, 2.24) is 24.7 Å². The highest BCUT2D eigenvalue weighted by Gasteiger charge is 2.16. The average Bonchev–Trinajstić information content (AvgIpc) is 3.03. The molecule has 8 nitrogen and oxygen atoms in total. The van der Waals surface area contributed by atoms with Crippen molar-refractivity contribution in [1.29, 1.82) is 0 Å². The molecule has 0 saturated carbocycles. The van der Waals surface area contributed by atoms with Crippen molar-refractivity contribution >= 4 is 5.97 Å². The molecule has 1 saturated heterocycles. The molecule has 3 heterocycles. The van der Waals surface area contributed by atoms with E-state index in [2.05, 4.69) is 67.3 Å². The second kappa shape index (κ2) is 14.4. The molecule has 39 heavy (non-hydrogen) atoms. The maximum atomic E-state index is 11.2. The Labute approximate surface area is 231 Å². The van der Waals surface area contributed by atoms with Gasteiger partial charge in [0, 0.05) is 75.9 Å². The molecule has 204 valence electrons. The fourth-order valence-corrected chi connectivity index (χ4v) is 4.32. The first-order valence-corrected chi connectivity index (χ1v) is 13.3. The number of ether oxygens (including phenoxy) is 2. The minimum absolute atomic E-state index is 0.114. The number of benzene rings is 1. The summed E-state index contributed by atoms with van der Waals surface area (Å²) in [6, 6.07) is 15.6. The molecule has 3 aromatic rings. The highest BCUT2D eigenvalue weighted by Crippen LogP contribution is 2.13. The molecule has 0 atom stereocenters. The number of hydrogen-bond donors (Lipinski definition) is 0.